The molecule has 1 amide bonds. The highest BCUT2D eigenvalue weighted by Gasteiger charge is 2.41. The van der Waals surface area contributed by atoms with E-state index in [1.54, 1.807) is 30.0 Å². The Balaban J connectivity index is 1.66. The first-order valence-corrected chi connectivity index (χ1v) is 14.3. The van der Waals surface area contributed by atoms with Crippen LogP contribution in [0.2, 0.25) is 0 Å². The van der Waals surface area contributed by atoms with Gasteiger partial charge in [0.25, 0.3) is 0 Å². The molecule has 5 nitrogen and oxygen atoms in total. The zero-order chi connectivity index (χ0) is 30.4. The summed E-state index contributed by atoms with van der Waals surface area (Å²) < 4.78 is 28.2. The van der Waals surface area contributed by atoms with Gasteiger partial charge in [-0.3, -0.25) is 14.4 Å². The van der Waals surface area contributed by atoms with Crippen molar-refractivity contribution in [3.05, 3.63) is 119 Å². The number of Topliss-reactive ketones (excluding diaryl/α,β-unsaturated/α-hetero) is 2. The van der Waals surface area contributed by atoms with Crippen molar-refractivity contribution in [2.45, 2.75) is 52.2 Å². The van der Waals surface area contributed by atoms with Crippen LogP contribution >= 0.6 is 0 Å². The molecule has 0 aromatic heterocycles. The largest absolute Gasteiger partial charge is 0.392 e. The molecule has 4 atom stereocenters. The van der Waals surface area contributed by atoms with Crippen molar-refractivity contribution in [1.29, 1.82) is 0 Å². The molecular weight excluding hydrogens is 536 g/mol. The van der Waals surface area contributed by atoms with Gasteiger partial charge in [0.15, 0.2) is 11.6 Å². The zero-order valence-corrected chi connectivity index (χ0v) is 24.1. The highest BCUT2D eigenvalue weighted by atomic mass is 19.1. The minimum absolute atomic E-state index is 0.0123. The number of rotatable bonds is 12. The summed E-state index contributed by atoms with van der Waals surface area (Å²) in [6.45, 7) is 7.95. The summed E-state index contributed by atoms with van der Waals surface area (Å²) in [5.74, 6) is -3.81. The molecule has 1 fully saturated rings. The molecule has 1 aliphatic rings. The summed E-state index contributed by atoms with van der Waals surface area (Å²) in [4.78, 5) is 41.1. The van der Waals surface area contributed by atoms with E-state index in [0.717, 1.165) is 17.2 Å². The number of hydrogen-bond acceptors (Lipinski definition) is 4. The molecule has 3 aromatic rings. The summed E-state index contributed by atoms with van der Waals surface area (Å²) >= 11 is 0. The quantitative estimate of drug-likeness (QED) is 0.198. The van der Waals surface area contributed by atoms with Gasteiger partial charge in [0, 0.05) is 36.7 Å². The standard InChI is InChI=1S/C35H37F2NO4/c1-4-8-25-16-32(35(42)38(21-25)20-24-9-6-5-7-10-24)34(41)29(13-26-14-30(36)19-31(37)15-26)18-33(40)28-12-22(2)11-27(17-28)23(3)39/h4-7,9-12,14-15,17,19,25,29,32,34,41H,1,8,13,16,18,20-21H2,2-3H3/t25-,29-,32+,34+/m1/s1. The average molecular weight is 574 g/mol. The van der Waals surface area contributed by atoms with Crippen LogP contribution in [0.1, 0.15) is 63.6 Å². The van der Waals surface area contributed by atoms with Gasteiger partial charge >= 0.3 is 0 Å². The van der Waals surface area contributed by atoms with E-state index in [1.165, 1.54) is 25.1 Å². The predicted molar refractivity (Wildman–Crippen MR) is 158 cm³/mol. The van der Waals surface area contributed by atoms with E-state index in [2.05, 4.69) is 6.58 Å². The van der Waals surface area contributed by atoms with Crippen molar-refractivity contribution in [2.24, 2.45) is 17.8 Å². The highest BCUT2D eigenvalue weighted by molar-refractivity contribution is 6.01. The summed E-state index contributed by atoms with van der Waals surface area (Å²) in [5, 5.41) is 11.8. The van der Waals surface area contributed by atoms with Gasteiger partial charge in [-0.1, -0.05) is 36.4 Å². The average Bonchev–Trinajstić information content (AvgIpc) is 2.93. The number of hydrogen-bond donors (Lipinski definition) is 1. The molecule has 1 aliphatic heterocycles. The third-order valence-corrected chi connectivity index (χ3v) is 7.98. The zero-order valence-electron chi connectivity index (χ0n) is 24.1. The second-order valence-electron chi connectivity index (χ2n) is 11.4. The van der Waals surface area contributed by atoms with Crippen LogP contribution in [-0.4, -0.2) is 40.1 Å². The number of carbonyl (C=O) groups is 3. The van der Waals surface area contributed by atoms with E-state index in [4.69, 9.17) is 0 Å². The second kappa shape index (κ2) is 13.8. The molecule has 4 rings (SSSR count). The first-order valence-electron chi connectivity index (χ1n) is 14.3. The number of benzene rings is 3. The number of likely N-dealkylation sites (tertiary alicyclic amines) is 1. The number of aryl methyl sites for hydroxylation is 1. The first-order chi connectivity index (χ1) is 20.0. The summed E-state index contributed by atoms with van der Waals surface area (Å²) in [7, 11) is 0. The number of aliphatic hydroxyl groups is 1. The number of ketones is 2. The number of piperidine rings is 1. The minimum Gasteiger partial charge on any atom is -0.392 e. The van der Waals surface area contributed by atoms with Crippen LogP contribution in [-0.2, 0) is 17.8 Å². The van der Waals surface area contributed by atoms with E-state index in [1.807, 2.05) is 30.3 Å². The highest BCUT2D eigenvalue weighted by Crippen LogP contribution is 2.34. The molecule has 0 radical (unpaired) electrons. The van der Waals surface area contributed by atoms with Crippen molar-refractivity contribution < 1.29 is 28.3 Å². The third kappa shape index (κ3) is 7.85. The minimum atomic E-state index is -1.25. The lowest BCUT2D eigenvalue weighted by Crippen LogP contribution is -2.50. The van der Waals surface area contributed by atoms with Crippen LogP contribution in [0, 0.1) is 36.3 Å². The SMILES string of the molecule is C=CC[C@@H]1C[C@@H]([C@@H](O)[C@@H](CC(=O)c2cc(C)cc(C(C)=O)c2)Cc2cc(F)cc(F)c2)C(=O)N(Cc2ccccc2)C1. The Bertz CT molecular complexity index is 1430. The second-order valence-corrected chi connectivity index (χ2v) is 11.4. The maximum absolute atomic E-state index is 14.1. The van der Waals surface area contributed by atoms with E-state index in [9.17, 15) is 28.3 Å². The van der Waals surface area contributed by atoms with Gasteiger partial charge in [-0.2, -0.15) is 0 Å². The smallest absolute Gasteiger partial charge is 0.228 e. The fraction of sp³-hybridized carbons (Fsp3) is 0.343. The first kappa shape index (κ1) is 31.0. The molecule has 1 heterocycles. The number of amides is 1. The Labute approximate surface area is 245 Å². The topological polar surface area (TPSA) is 74.7 Å². The lowest BCUT2D eigenvalue weighted by Gasteiger charge is -2.41. The molecule has 42 heavy (non-hydrogen) atoms. The molecule has 220 valence electrons. The molecule has 0 unspecified atom stereocenters. The monoisotopic (exact) mass is 573 g/mol. The molecule has 0 aliphatic carbocycles. The van der Waals surface area contributed by atoms with Crippen molar-refractivity contribution in [3.63, 3.8) is 0 Å². The third-order valence-electron chi connectivity index (χ3n) is 7.98. The fourth-order valence-corrected chi connectivity index (χ4v) is 5.99. The van der Waals surface area contributed by atoms with Gasteiger partial charge in [-0.15, -0.1) is 6.58 Å². The summed E-state index contributed by atoms with van der Waals surface area (Å²) in [6, 6.07) is 17.6. The number of carbonyl (C=O) groups excluding carboxylic acids is 3. The lowest BCUT2D eigenvalue weighted by atomic mass is 9.76. The van der Waals surface area contributed by atoms with Crippen molar-refractivity contribution in [2.75, 3.05) is 6.54 Å². The van der Waals surface area contributed by atoms with E-state index in [-0.39, 0.29) is 41.8 Å². The Hall–Kier alpha value is -3.97. The normalized spacial score (nSPS) is 18.4. The van der Waals surface area contributed by atoms with Crippen LogP contribution in [0.4, 0.5) is 8.78 Å². The van der Waals surface area contributed by atoms with Crippen molar-refractivity contribution >= 4 is 17.5 Å². The van der Waals surface area contributed by atoms with E-state index < -0.39 is 29.6 Å². The Morgan fingerprint density at radius 1 is 1.02 bits per heavy atom. The van der Waals surface area contributed by atoms with Gasteiger partial charge in [-0.25, -0.2) is 8.78 Å². The summed E-state index contributed by atoms with van der Waals surface area (Å²) in [5.41, 5.74) is 2.69. The van der Waals surface area contributed by atoms with Crippen LogP contribution in [0.3, 0.4) is 0 Å². The maximum atomic E-state index is 14.1. The van der Waals surface area contributed by atoms with Gasteiger partial charge in [-0.05, 0) is 92.0 Å². The lowest BCUT2D eigenvalue weighted by molar-refractivity contribution is -0.147. The molecular formula is C35H37F2NO4. The Morgan fingerprint density at radius 3 is 2.33 bits per heavy atom. The van der Waals surface area contributed by atoms with E-state index >= 15 is 0 Å². The Morgan fingerprint density at radius 2 is 1.69 bits per heavy atom. The fourth-order valence-electron chi connectivity index (χ4n) is 5.99. The van der Waals surface area contributed by atoms with Crippen molar-refractivity contribution in [1.82, 2.24) is 4.90 Å². The molecule has 0 saturated carbocycles. The van der Waals surface area contributed by atoms with Crippen LogP contribution in [0.15, 0.2) is 79.4 Å². The Kier molecular flexibility index (Phi) is 10.2. The molecule has 7 heteroatoms. The number of nitrogens with zero attached hydrogens (tertiary/aromatic N) is 1. The van der Waals surface area contributed by atoms with Gasteiger partial charge in [0.2, 0.25) is 5.91 Å². The van der Waals surface area contributed by atoms with Crippen LogP contribution < -0.4 is 0 Å². The van der Waals surface area contributed by atoms with Gasteiger partial charge in [0.1, 0.15) is 11.6 Å². The molecule has 1 N–H and O–H groups in total. The molecule has 1 saturated heterocycles. The molecule has 0 spiro atoms. The summed E-state index contributed by atoms with van der Waals surface area (Å²) in [6.07, 6.45) is 1.41. The van der Waals surface area contributed by atoms with Crippen LogP contribution in [0.25, 0.3) is 0 Å². The maximum Gasteiger partial charge on any atom is 0.228 e. The predicted octanol–water partition coefficient (Wildman–Crippen LogP) is 6.51. The molecule has 3 aromatic carbocycles. The number of allylic oxidation sites excluding steroid dienone is 1. The van der Waals surface area contributed by atoms with Crippen LogP contribution in [0.5, 0.6) is 0 Å². The van der Waals surface area contributed by atoms with Gasteiger partial charge in [0.05, 0.1) is 12.0 Å². The van der Waals surface area contributed by atoms with E-state index in [0.29, 0.717) is 37.1 Å². The number of aliphatic hydroxyl groups excluding tert-OH is 1. The molecule has 0 bridgehead atoms. The van der Waals surface area contributed by atoms with Crippen molar-refractivity contribution in [3.8, 4) is 0 Å². The number of halogens is 2. The van der Waals surface area contributed by atoms with Gasteiger partial charge < -0.3 is 10.0 Å².